The second kappa shape index (κ2) is 3.97. The number of Topliss-reactive ketones (excluding diaryl/α,β-unsaturated/α-hetero) is 1. The molecule has 14 heavy (non-hydrogen) atoms. The second-order valence-corrected chi connectivity index (χ2v) is 2.69. The van der Waals surface area contributed by atoms with Crippen LogP contribution in [0.5, 0.6) is 0 Å². The molecule has 1 aromatic rings. The number of nitrogens with one attached hydrogen (secondary N) is 1. The van der Waals surface area contributed by atoms with Crippen molar-refractivity contribution < 1.29 is 14.0 Å². The highest BCUT2D eigenvalue weighted by atomic mass is 19.1. The molecule has 1 amide bonds. The van der Waals surface area contributed by atoms with E-state index in [0.29, 0.717) is 0 Å². The van der Waals surface area contributed by atoms with Crippen LogP contribution < -0.4 is 11.3 Å². The molecule has 0 unspecified atom stereocenters. The summed E-state index contributed by atoms with van der Waals surface area (Å²) in [6.45, 7) is 1.19. The first kappa shape index (κ1) is 10.3. The van der Waals surface area contributed by atoms with Crippen molar-refractivity contribution in [3.05, 3.63) is 35.1 Å². The summed E-state index contributed by atoms with van der Waals surface area (Å²) in [4.78, 5) is 22.2. The van der Waals surface area contributed by atoms with Crippen LogP contribution in [0.15, 0.2) is 18.2 Å². The average Bonchev–Trinajstić information content (AvgIpc) is 2.15. The van der Waals surface area contributed by atoms with Crippen molar-refractivity contribution in [1.29, 1.82) is 0 Å². The maximum atomic E-state index is 13.2. The fraction of sp³-hybridized carbons (Fsp3) is 0.111. The van der Waals surface area contributed by atoms with E-state index < -0.39 is 17.5 Å². The van der Waals surface area contributed by atoms with E-state index in [-0.39, 0.29) is 11.1 Å². The molecule has 0 radical (unpaired) electrons. The highest BCUT2D eigenvalue weighted by Gasteiger charge is 2.17. The monoisotopic (exact) mass is 196 g/mol. The summed E-state index contributed by atoms with van der Waals surface area (Å²) in [5.41, 5.74) is 1.55. The second-order valence-electron chi connectivity index (χ2n) is 2.69. The van der Waals surface area contributed by atoms with Gasteiger partial charge in [0.1, 0.15) is 5.82 Å². The third-order valence-corrected chi connectivity index (χ3v) is 1.74. The molecule has 1 aromatic carbocycles. The third-order valence-electron chi connectivity index (χ3n) is 1.74. The van der Waals surface area contributed by atoms with Crippen LogP contribution in [0.3, 0.4) is 0 Å². The summed E-state index contributed by atoms with van der Waals surface area (Å²) in [7, 11) is 0. The third kappa shape index (κ3) is 1.77. The molecule has 0 fully saturated rings. The van der Waals surface area contributed by atoms with Gasteiger partial charge in [0.2, 0.25) is 0 Å². The van der Waals surface area contributed by atoms with Crippen LogP contribution in [-0.4, -0.2) is 11.7 Å². The minimum absolute atomic E-state index is 0.0556. The first-order valence-corrected chi connectivity index (χ1v) is 3.88. The molecule has 0 heterocycles. The number of ketones is 1. The summed E-state index contributed by atoms with van der Waals surface area (Å²) >= 11 is 0. The Morgan fingerprint density at radius 2 is 2.07 bits per heavy atom. The Morgan fingerprint density at radius 1 is 1.43 bits per heavy atom. The highest BCUT2D eigenvalue weighted by Crippen LogP contribution is 2.13. The van der Waals surface area contributed by atoms with Gasteiger partial charge in [0, 0.05) is 0 Å². The first-order valence-electron chi connectivity index (χ1n) is 3.88. The van der Waals surface area contributed by atoms with Gasteiger partial charge in [-0.05, 0) is 19.1 Å². The SMILES string of the molecule is CC(=O)c1c(F)cccc1C(=O)NN. The van der Waals surface area contributed by atoms with Gasteiger partial charge in [-0.25, -0.2) is 10.2 Å². The lowest BCUT2D eigenvalue weighted by molar-refractivity contribution is 0.0937. The van der Waals surface area contributed by atoms with E-state index >= 15 is 0 Å². The van der Waals surface area contributed by atoms with Gasteiger partial charge in [-0.1, -0.05) is 6.07 Å². The molecule has 0 spiro atoms. The average molecular weight is 196 g/mol. The van der Waals surface area contributed by atoms with E-state index in [2.05, 4.69) is 0 Å². The van der Waals surface area contributed by atoms with Crippen molar-refractivity contribution in [2.45, 2.75) is 6.92 Å². The van der Waals surface area contributed by atoms with Crippen molar-refractivity contribution in [3.8, 4) is 0 Å². The number of amides is 1. The molecule has 0 bridgehead atoms. The van der Waals surface area contributed by atoms with Gasteiger partial charge in [-0.15, -0.1) is 0 Å². The van der Waals surface area contributed by atoms with E-state index in [1.807, 2.05) is 5.43 Å². The van der Waals surface area contributed by atoms with Crippen LogP contribution in [0.4, 0.5) is 4.39 Å². The predicted octanol–water partition coefficient (Wildman–Crippen LogP) is 0.632. The van der Waals surface area contributed by atoms with Crippen LogP contribution >= 0.6 is 0 Å². The molecule has 5 heteroatoms. The summed E-state index contributed by atoms with van der Waals surface area (Å²) in [5, 5.41) is 0. The molecule has 74 valence electrons. The minimum Gasteiger partial charge on any atom is -0.294 e. The number of nitrogens with two attached hydrogens (primary N) is 1. The zero-order valence-corrected chi connectivity index (χ0v) is 7.50. The minimum atomic E-state index is -0.724. The van der Waals surface area contributed by atoms with E-state index in [4.69, 9.17) is 5.84 Å². The van der Waals surface area contributed by atoms with Crippen molar-refractivity contribution in [2.75, 3.05) is 0 Å². The van der Waals surface area contributed by atoms with E-state index in [1.165, 1.54) is 19.1 Å². The number of hydrogen-bond acceptors (Lipinski definition) is 3. The maximum absolute atomic E-state index is 13.2. The Balaban J connectivity index is 3.35. The molecule has 3 N–H and O–H groups in total. The van der Waals surface area contributed by atoms with Crippen LogP contribution in [0.2, 0.25) is 0 Å². The van der Waals surface area contributed by atoms with E-state index in [9.17, 15) is 14.0 Å². The molecule has 0 saturated heterocycles. The quantitative estimate of drug-likeness (QED) is 0.315. The Morgan fingerprint density at radius 3 is 2.57 bits per heavy atom. The Kier molecular flexibility index (Phi) is 2.93. The van der Waals surface area contributed by atoms with Crippen LogP contribution in [0.1, 0.15) is 27.6 Å². The van der Waals surface area contributed by atoms with E-state index in [1.54, 1.807) is 0 Å². The summed E-state index contributed by atoms with van der Waals surface area (Å²) < 4.78 is 13.2. The van der Waals surface area contributed by atoms with Gasteiger partial charge >= 0.3 is 0 Å². The number of hydrogen-bond donors (Lipinski definition) is 2. The molecule has 0 atom stereocenters. The number of carbonyl (C=O) groups is 2. The number of halogens is 1. The van der Waals surface area contributed by atoms with Crippen molar-refractivity contribution in [2.24, 2.45) is 5.84 Å². The lowest BCUT2D eigenvalue weighted by atomic mass is 10.0. The largest absolute Gasteiger partial charge is 0.294 e. The fourth-order valence-electron chi connectivity index (χ4n) is 1.15. The normalized spacial score (nSPS) is 9.64. The topological polar surface area (TPSA) is 72.2 Å². The Labute approximate surface area is 79.9 Å². The van der Waals surface area contributed by atoms with Crippen LogP contribution in [0.25, 0.3) is 0 Å². The number of nitrogen functional groups attached to an aromatic ring is 1. The summed E-state index contributed by atoms with van der Waals surface area (Å²) in [6.07, 6.45) is 0. The van der Waals surface area contributed by atoms with Crippen molar-refractivity contribution in [3.63, 3.8) is 0 Å². The first-order chi connectivity index (χ1) is 6.57. The van der Waals surface area contributed by atoms with Gasteiger partial charge in [-0.3, -0.25) is 15.0 Å². The lowest BCUT2D eigenvalue weighted by Crippen LogP contribution is -2.31. The van der Waals surface area contributed by atoms with Gasteiger partial charge < -0.3 is 0 Å². The molecule has 0 aliphatic rings. The van der Waals surface area contributed by atoms with Gasteiger partial charge in [0.15, 0.2) is 5.78 Å². The fourth-order valence-corrected chi connectivity index (χ4v) is 1.15. The zero-order chi connectivity index (χ0) is 10.7. The molecular weight excluding hydrogens is 187 g/mol. The molecule has 0 saturated carbocycles. The molecule has 0 aliphatic carbocycles. The number of rotatable bonds is 2. The van der Waals surface area contributed by atoms with Gasteiger partial charge in [-0.2, -0.15) is 0 Å². The van der Waals surface area contributed by atoms with Gasteiger partial charge in [0.05, 0.1) is 11.1 Å². The summed E-state index contributed by atoms with van der Waals surface area (Å²) in [6, 6.07) is 3.79. The highest BCUT2D eigenvalue weighted by molar-refractivity contribution is 6.07. The number of carbonyl (C=O) groups excluding carboxylic acids is 2. The Hall–Kier alpha value is -1.75. The molecule has 0 aromatic heterocycles. The van der Waals surface area contributed by atoms with E-state index in [0.717, 1.165) is 6.07 Å². The maximum Gasteiger partial charge on any atom is 0.266 e. The zero-order valence-electron chi connectivity index (χ0n) is 7.50. The summed E-state index contributed by atoms with van der Waals surface area (Å²) in [5.74, 6) is 2.97. The standard InChI is InChI=1S/C9H9FN2O2/c1-5(13)8-6(9(14)12-11)3-2-4-7(8)10/h2-4H,11H2,1H3,(H,12,14). The molecule has 1 rings (SSSR count). The predicted molar refractivity (Wildman–Crippen MR) is 48.1 cm³/mol. The van der Waals surface area contributed by atoms with Gasteiger partial charge in [0.25, 0.3) is 5.91 Å². The number of hydrazine groups is 1. The smallest absolute Gasteiger partial charge is 0.266 e. The molecular formula is C9H9FN2O2. The van der Waals surface area contributed by atoms with Crippen molar-refractivity contribution >= 4 is 11.7 Å². The Bertz CT molecular complexity index is 390. The number of benzene rings is 1. The molecule has 0 aliphatic heterocycles. The lowest BCUT2D eigenvalue weighted by Gasteiger charge is -2.05. The van der Waals surface area contributed by atoms with Crippen molar-refractivity contribution in [1.82, 2.24) is 5.43 Å². The van der Waals surface area contributed by atoms with Crippen LogP contribution in [0, 0.1) is 5.82 Å². The van der Waals surface area contributed by atoms with Crippen LogP contribution in [-0.2, 0) is 0 Å². The molecule has 4 nitrogen and oxygen atoms in total.